The molecule has 0 atom stereocenters. The highest BCUT2D eigenvalue weighted by Crippen LogP contribution is 2.51. The van der Waals surface area contributed by atoms with E-state index < -0.39 is 34.3 Å². The molecule has 2 spiro atoms. The number of hydrogen-bond acceptors (Lipinski definition) is 11. The number of rotatable bonds is 7. The number of esters is 2. The lowest BCUT2D eigenvalue weighted by molar-refractivity contribution is -0.236. The molecule has 3 aromatic rings. The summed E-state index contributed by atoms with van der Waals surface area (Å²) in [6.07, 6.45) is 5.12. The Labute approximate surface area is 372 Å². The van der Waals surface area contributed by atoms with Gasteiger partial charge in [0.1, 0.15) is 23.0 Å². The maximum absolute atomic E-state index is 13.7. The summed E-state index contributed by atoms with van der Waals surface area (Å²) in [5, 5.41) is 0. The zero-order valence-electron chi connectivity index (χ0n) is 37.0. The Morgan fingerprint density at radius 1 is 0.730 bits per heavy atom. The predicted molar refractivity (Wildman–Crippen MR) is 238 cm³/mol. The van der Waals surface area contributed by atoms with Crippen molar-refractivity contribution in [1.29, 1.82) is 0 Å². The largest absolute Gasteiger partial charge is 0.465 e. The van der Waals surface area contributed by atoms with Crippen LogP contribution in [0.15, 0.2) is 54.1 Å². The minimum Gasteiger partial charge on any atom is -0.465 e. The van der Waals surface area contributed by atoms with Crippen molar-refractivity contribution in [3.63, 3.8) is 0 Å². The van der Waals surface area contributed by atoms with Crippen LogP contribution in [0.3, 0.4) is 0 Å². The van der Waals surface area contributed by atoms with E-state index in [1.807, 2.05) is 27.7 Å². The number of nitrogens with zero attached hydrogens (tertiary/aromatic N) is 1. The summed E-state index contributed by atoms with van der Waals surface area (Å²) in [4.78, 5) is 53.1. The fraction of sp³-hybridized carbons (Fsp3) is 0.540. The van der Waals surface area contributed by atoms with Crippen LogP contribution in [0.2, 0.25) is 0 Å². The lowest BCUT2D eigenvalue weighted by atomic mass is 9.68. The van der Waals surface area contributed by atoms with Gasteiger partial charge in [0.15, 0.2) is 17.4 Å². The van der Waals surface area contributed by atoms with E-state index in [1.165, 1.54) is 56.7 Å². The monoisotopic (exact) mass is 879 g/mol. The number of fused-ring (bicyclic) bond motifs is 1. The second-order valence-corrected chi connectivity index (χ2v) is 17.3. The van der Waals surface area contributed by atoms with Crippen LogP contribution < -0.4 is 0 Å². The number of Topliss-reactive ketones (excluding diaryl/α,β-unsaturated/α-hetero) is 2. The number of methoxy groups -OCH3 is 2. The van der Waals surface area contributed by atoms with Gasteiger partial charge < -0.3 is 28.4 Å². The average Bonchev–Trinajstić information content (AvgIpc) is 3.93. The highest BCUT2D eigenvalue weighted by Gasteiger charge is 2.57. The minimum atomic E-state index is -0.728. The summed E-state index contributed by atoms with van der Waals surface area (Å²) in [6.45, 7) is 17.8. The van der Waals surface area contributed by atoms with Crippen LogP contribution in [0, 0.1) is 23.0 Å². The molecule has 13 heteroatoms. The number of halogens is 2. The lowest BCUT2D eigenvalue weighted by Crippen LogP contribution is -2.53. The topological polar surface area (TPSA) is 137 Å². The highest BCUT2D eigenvalue weighted by molar-refractivity contribution is 6.21. The number of pyridine rings is 1. The van der Waals surface area contributed by atoms with E-state index in [2.05, 4.69) is 18.6 Å². The molecule has 0 unspecified atom stereocenters. The molecule has 0 bridgehead atoms. The molecule has 11 nitrogen and oxygen atoms in total. The first-order valence-electron chi connectivity index (χ1n) is 20.9. The van der Waals surface area contributed by atoms with Gasteiger partial charge in [-0.25, -0.2) is 18.4 Å². The quantitative estimate of drug-likeness (QED) is 0.0971. The Bertz CT molecular complexity index is 2110. The third-order valence-electron chi connectivity index (χ3n) is 12.1. The second kappa shape index (κ2) is 21.3. The van der Waals surface area contributed by atoms with Gasteiger partial charge >= 0.3 is 11.9 Å². The molecule has 2 aliphatic carbocycles. The molecule has 4 aliphatic rings. The van der Waals surface area contributed by atoms with Crippen LogP contribution in [-0.2, 0) is 54.6 Å². The van der Waals surface area contributed by atoms with Crippen LogP contribution in [0.1, 0.15) is 135 Å². The van der Waals surface area contributed by atoms with E-state index in [1.54, 1.807) is 26.0 Å². The summed E-state index contributed by atoms with van der Waals surface area (Å²) in [6, 6.07) is 11.8. The number of aromatic nitrogens is 1. The zero-order valence-corrected chi connectivity index (χ0v) is 37.0. The maximum atomic E-state index is 13.7. The molecule has 3 fully saturated rings. The Balaban J connectivity index is 0.000000273. The molecule has 1 saturated carbocycles. The van der Waals surface area contributed by atoms with E-state index in [9.17, 15) is 28.0 Å². The van der Waals surface area contributed by atoms with Crippen molar-refractivity contribution < 1.29 is 56.4 Å². The first-order valence-corrected chi connectivity index (χ1v) is 20.9. The van der Waals surface area contributed by atoms with Gasteiger partial charge in [0, 0.05) is 30.7 Å². The average molecular weight is 880 g/mol. The number of hydrogen-bond donors (Lipinski definition) is 0. The Kier molecular flexibility index (Phi) is 17.8. The first-order chi connectivity index (χ1) is 28.8. The molecule has 346 valence electrons. The van der Waals surface area contributed by atoms with Gasteiger partial charge in [-0.1, -0.05) is 66.8 Å². The molecular formula is C50H67F2NO10. The second-order valence-electron chi connectivity index (χ2n) is 17.3. The molecule has 0 N–H and O–H groups in total. The Hall–Kier alpha value is -4.69. The summed E-state index contributed by atoms with van der Waals surface area (Å²) in [7, 11) is 2.59. The standard InChI is InChI=1S/C24H28FNO4.C14H15FO3.C10H16O3.2CH4/c1-14(2)20-19(22(27)28-5)18(15-6-8-16(25)9-7-15)17-10-11-24(29-12-13-30-24)23(3,4)21(17)26-20;1-9(2)13(16)12(14(17)18-3)8-10-4-6-11(15)7-5-10;1-9(2)8(11)4-3-5-10(9)12-6-7-13-10;;/h6-9,14H,10-13H2,1-5H3;4-9H,1-3H3;3-7H2,1-2H3;2*1H4. The third kappa shape index (κ3) is 10.6. The molecule has 3 heterocycles. The van der Waals surface area contributed by atoms with Gasteiger partial charge in [-0.3, -0.25) is 14.6 Å². The summed E-state index contributed by atoms with van der Waals surface area (Å²) < 4.78 is 59.6. The van der Waals surface area contributed by atoms with E-state index in [0.29, 0.717) is 62.5 Å². The van der Waals surface area contributed by atoms with Crippen LogP contribution in [0.4, 0.5) is 8.78 Å². The molecule has 2 saturated heterocycles. The van der Waals surface area contributed by atoms with Gasteiger partial charge in [-0.15, -0.1) is 0 Å². The van der Waals surface area contributed by atoms with Gasteiger partial charge in [0.25, 0.3) is 0 Å². The SMILES string of the molecule is C.C.CC1(C)C(=O)CCCC12OCCO2.COC(=O)C(=Cc1ccc(F)cc1)C(=O)C(C)C.COC(=O)c1c(C(C)C)nc2c(c1-c1ccc(F)cc1)CCC1(OCCO1)C2(C)C. The number of ketones is 2. The van der Waals surface area contributed by atoms with Crippen LogP contribution >= 0.6 is 0 Å². The number of carbonyl (C=O) groups excluding carboxylic acids is 4. The highest BCUT2D eigenvalue weighted by atomic mass is 19.1. The van der Waals surface area contributed by atoms with Gasteiger partial charge in [0.05, 0.1) is 68.4 Å². The lowest BCUT2D eigenvalue weighted by Gasteiger charge is -2.46. The number of carbonyl (C=O) groups is 4. The fourth-order valence-electron chi connectivity index (χ4n) is 8.46. The predicted octanol–water partition coefficient (Wildman–Crippen LogP) is 10.2. The molecule has 2 aliphatic heterocycles. The van der Waals surface area contributed by atoms with Crippen LogP contribution in [0.25, 0.3) is 17.2 Å². The van der Waals surface area contributed by atoms with Gasteiger partial charge in [-0.05, 0) is 93.5 Å². The van der Waals surface area contributed by atoms with Crippen molar-refractivity contribution >= 4 is 29.6 Å². The van der Waals surface area contributed by atoms with E-state index >= 15 is 0 Å². The van der Waals surface area contributed by atoms with Crippen molar-refractivity contribution in [3.8, 4) is 11.1 Å². The number of ether oxygens (including phenoxy) is 6. The van der Waals surface area contributed by atoms with Crippen molar-refractivity contribution in [3.05, 3.63) is 93.8 Å². The Morgan fingerprint density at radius 2 is 1.24 bits per heavy atom. The minimum absolute atomic E-state index is 0. The molecule has 63 heavy (non-hydrogen) atoms. The van der Waals surface area contributed by atoms with E-state index in [-0.39, 0.29) is 55.5 Å². The molecular weight excluding hydrogens is 813 g/mol. The summed E-state index contributed by atoms with van der Waals surface area (Å²) >= 11 is 0. The molecule has 7 rings (SSSR count). The molecule has 2 aromatic carbocycles. The summed E-state index contributed by atoms with van der Waals surface area (Å²) in [5.41, 5.74) is 4.07. The summed E-state index contributed by atoms with van der Waals surface area (Å²) in [5.74, 6) is -3.50. The van der Waals surface area contributed by atoms with Crippen molar-refractivity contribution in [2.75, 3.05) is 40.6 Å². The van der Waals surface area contributed by atoms with Crippen molar-refractivity contribution in [1.82, 2.24) is 4.98 Å². The van der Waals surface area contributed by atoms with Crippen LogP contribution in [-0.4, -0.2) is 80.7 Å². The number of benzene rings is 2. The molecule has 0 radical (unpaired) electrons. The molecule has 1 aromatic heterocycles. The fourth-order valence-corrected chi connectivity index (χ4v) is 8.46. The Morgan fingerprint density at radius 3 is 1.71 bits per heavy atom. The first kappa shape index (κ1) is 52.7. The molecule has 0 amide bonds. The normalized spacial score (nSPS) is 18.8. The van der Waals surface area contributed by atoms with Gasteiger partial charge in [-0.2, -0.15) is 0 Å². The van der Waals surface area contributed by atoms with Crippen molar-refractivity contribution in [2.45, 2.75) is 125 Å². The van der Waals surface area contributed by atoms with Gasteiger partial charge in [0.2, 0.25) is 0 Å². The third-order valence-corrected chi connectivity index (χ3v) is 12.1. The van der Waals surface area contributed by atoms with Crippen molar-refractivity contribution in [2.24, 2.45) is 11.3 Å². The maximum Gasteiger partial charge on any atom is 0.341 e. The zero-order chi connectivity index (χ0) is 44.9. The van der Waals surface area contributed by atoms with Crippen LogP contribution in [0.5, 0.6) is 0 Å². The smallest absolute Gasteiger partial charge is 0.341 e. The van der Waals surface area contributed by atoms with E-state index in [4.69, 9.17) is 28.7 Å². The van der Waals surface area contributed by atoms with E-state index in [0.717, 1.165) is 35.2 Å².